The molecular formula is C32H35N5O2. The van der Waals surface area contributed by atoms with Gasteiger partial charge in [0, 0.05) is 91.4 Å². The van der Waals surface area contributed by atoms with Gasteiger partial charge in [0.05, 0.1) is 6.61 Å². The van der Waals surface area contributed by atoms with Crippen LogP contribution in [-0.4, -0.2) is 85.2 Å². The minimum Gasteiger partial charge on any atom is -0.381 e. The summed E-state index contributed by atoms with van der Waals surface area (Å²) in [5.74, 6) is 0.109. The zero-order valence-corrected chi connectivity index (χ0v) is 22.7. The van der Waals surface area contributed by atoms with Gasteiger partial charge in [0.2, 0.25) is 0 Å². The van der Waals surface area contributed by atoms with Gasteiger partial charge in [0.1, 0.15) is 5.65 Å². The topological polar surface area (TPSA) is 64.7 Å². The van der Waals surface area contributed by atoms with Crippen LogP contribution in [0.25, 0.3) is 33.3 Å². The normalized spacial score (nSPS) is 19.1. The van der Waals surface area contributed by atoms with Crippen molar-refractivity contribution in [2.24, 2.45) is 5.41 Å². The van der Waals surface area contributed by atoms with Gasteiger partial charge in [0.15, 0.2) is 0 Å². The Morgan fingerprint density at radius 3 is 2.46 bits per heavy atom. The number of nitrogens with one attached hydrogen (secondary N) is 1. The molecule has 3 aliphatic heterocycles. The van der Waals surface area contributed by atoms with Crippen LogP contribution in [0.2, 0.25) is 0 Å². The number of likely N-dealkylation sites (tertiary alicyclic amines) is 1. The highest BCUT2D eigenvalue weighted by Gasteiger charge is 2.47. The first-order valence-electron chi connectivity index (χ1n) is 14.0. The molecule has 5 heterocycles. The fraction of sp³-hybridized carbons (Fsp3) is 0.375. The van der Waals surface area contributed by atoms with Gasteiger partial charge in [-0.15, -0.1) is 0 Å². The van der Waals surface area contributed by atoms with Gasteiger partial charge in [-0.1, -0.05) is 18.2 Å². The fourth-order valence-corrected chi connectivity index (χ4v) is 6.42. The van der Waals surface area contributed by atoms with Crippen molar-refractivity contribution in [1.82, 2.24) is 19.8 Å². The molecule has 1 amide bonds. The fourth-order valence-electron chi connectivity index (χ4n) is 6.42. The number of nitrogens with zero attached hydrogens (tertiary/aromatic N) is 4. The van der Waals surface area contributed by atoms with Crippen molar-refractivity contribution in [2.75, 3.05) is 64.4 Å². The highest BCUT2D eigenvalue weighted by molar-refractivity contribution is 5.98. The van der Waals surface area contributed by atoms with Crippen LogP contribution in [0, 0.1) is 12.3 Å². The van der Waals surface area contributed by atoms with Gasteiger partial charge in [-0.2, -0.15) is 0 Å². The van der Waals surface area contributed by atoms with E-state index in [1.807, 2.05) is 41.6 Å². The molecular weight excluding hydrogens is 486 g/mol. The van der Waals surface area contributed by atoms with E-state index >= 15 is 0 Å². The molecule has 2 aromatic heterocycles. The third kappa shape index (κ3) is 4.39. The van der Waals surface area contributed by atoms with E-state index in [4.69, 9.17) is 9.72 Å². The summed E-state index contributed by atoms with van der Waals surface area (Å²) in [7, 11) is 2.19. The summed E-state index contributed by atoms with van der Waals surface area (Å²) in [5.41, 5.74) is 8.86. The number of fused-ring (bicyclic) bond motifs is 1. The van der Waals surface area contributed by atoms with Crippen molar-refractivity contribution < 1.29 is 9.53 Å². The molecule has 1 N–H and O–H groups in total. The van der Waals surface area contributed by atoms with Crippen LogP contribution in [0.3, 0.4) is 0 Å². The highest BCUT2D eigenvalue weighted by atomic mass is 16.5. The predicted octanol–water partition coefficient (Wildman–Crippen LogP) is 4.82. The number of aromatic amines is 1. The third-order valence-electron chi connectivity index (χ3n) is 8.87. The first-order chi connectivity index (χ1) is 19.0. The third-order valence-corrected chi connectivity index (χ3v) is 8.87. The van der Waals surface area contributed by atoms with Gasteiger partial charge < -0.3 is 24.4 Å². The number of aromatic nitrogens is 2. The molecule has 7 rings (SSSR count). The van der Waals surface area contributed by atoms with E-state index in [1.165, 1.54) is 16.8 Å². The zero-order valence-electron chi connectivity index (χ0n) is 22.7. The van der Waals surface area contributed by atoms with Crippen molar-refractivity contribution in [2.45, 2.75) is 13.3 Å². The smallest absolute Gasteiger partial charge is 0.253 e. The molecule has 3 saturated heterocycles. The summed E-state index contributed by atoms with van der Waals surface area (Å²) in [6.07, 6.45) is 5.02. The van der Waals surface area contributed by atoms with Crippen molar-refractivity contribution in [3.8, 4) is 22.3 Å². The van der Waals surface area contributed by atoms with Crippen molar-refractivity contribution in [1.29, 1.82) is 0 Å². The largest absolute Gasteiger partial charge is 0.381 e. The molecule has 39 heavy (non-hydrogen) atoms. The maximum absolute atomic E-state index is 13.0. The Kier molecular flexibility index (Phi) is 5.94. The zero-order chi connectivity index (χ0) is 26.6. The number of carbonyl (C=O) groups excluding carboxylic acids is 1. The number of rotatable bonds is 4. The number of hydrogen-bond donors (Lipinski definition) is 1. The van der Waals surface area contributed by atoms with Crippen LogP contribution in [0.4, 0.5) is 5.69 Å². The summed E-state index contributed by atoms with van der Waals surface area (Å²) in [6.45, 7) is 9.74. The number of anilines is 1. The Balaban J connectivity index is 1.11. The summed E-state index contributed by atoms with van der Waals surface area (Å²) < 4.78 is 5.55. The molecule has 2 aromatic carbocycles. The second kappa shape index (κ2) is 9.50. The number of amides is 1. The van der Waals surface area contributed by atoms with E-state index in [1.54, 1.807) is 0 Å². The van der Waals surface area contributed by atoms with E-state index in [-0.39, 0.29) is 11.3 Å². The lowest BCUT2D eigenvalue weighted by molar-refractivity contribution is 0.000364. The van der Waals surface area contributed by atoms with Gasteiger partial charge >= 0.3 is 0 Å². The number of carbonyl (C=O) groups is 1. The van der Waals surface area contributed by atoms with Crippen LogP contribution in [0.15, 0.2) is 60.9 Å². The summed E-state index contributed by atoms with van der Waals surface area (Å²) in [5, 5.41) is 1.08. The Hall–Kier alpha value is -3.68. The minimum absolute atomic E-state index is 0.109. The lowest BCUT2D eigenvalue weighted by atomic mass is 9.79. The first-order valence-corrected chi connectivity index (χ1v) is 14.0. The number of H-pyrrole nitrogens is 1. The van der Waals surface area contributed by atoms with Crippen LogP contribution in [0.1, 0.15) is 22.3 Å². The van der Waals surface area contributed by atoms with Gasteiger partial charge in [-0.3, -0.25) is 4.79 Å². The Morgan fingerprint density at radius 2 is 1.74 bits per heavy atom. The second-order valence-corrected chi connectivity index (χ2v) is 11.7. The summed E-state index contributed by atoms with van der Waals surface area (Å²) in [4.78, 5) is 27.9. The molecule has 0 saturated carbocycles. The molecule has 0 bridgehead atoms. The Labute approximate surface area is 229 Å². The number of benzene rings is 2. The van der Waals surface area contributed by atoms with Gasteiger partial charge in [-0.05, 0) is 67.4 Å². The summed E-state index contributed by atoms with van der Waals surface area (Å²) in [6, 6.07) is 17.0. The monoisotopic (exact) mass is 521 g/mol. The Morgan fingerprint density at radius 1 is 0.974 bits per heavy atom. The van der Waals surface area contributed by atoms with E-state index in [0.29, 0.717) is 0 Å². The molecule has 7 nitrogen and oxygen atoms in total. The number of pyridine rings is 1. The van der Waals surface area contributed by atoms with Gasteiger partial charge in [0.25, 0.3) is 5.91 Å². The lowest BCUT2D eigenvalue weighted by Gasteiger charge is -2.47. The first kappa shape index (κ1) is 24.4. The molecule has 3 fully saturated rings. The van der Waals surface area contributed by atoms with Crippen LogP contribution >= 0.6 is 0 Å². The maximum atomic E-state index is 13.0. The second-order valence-electron chi connectivity index (χ2n) is 11.7. The average Bonchev–Trinajstić information content (AvgIpc) is 3.60. The number of ether oxygens (including phenoxy) is 1. The van der Waals surface area contributed by atoms with Crippen molar-refractivity contribution in [3.05, 3.63) is 72.1 Å². The average molecular weight is 522 g/mol. The molecule has 7 heteroatoms. The van der Waals surface area contributed by atoms with Crippen molar-refractivity contribution >= 4 is 22.6 Å². The van der Waals surface area contributed by atoms with Crippen LogP contribution in [-0.2, 0) is 4.74 Å². The molecule has 0 aliphatic carbocycles. The number of piperazine rings is 1. The molecule has 3 aliphatic rings. The SMILES string of the molecule is Cc1cc(-c2cnc3[nH]cc(-c4ccc(C(=O)N5CC6(CCOC6)C5)cc4)c3c2)ccc1N1CCN(C)CC1. The Bertz CT molecular complexity index is 1520. The van der Waals surface area contributed by atoms with Crippen LogP contribution < -0.4 is 4.90 Å². The van der Waals surface area contributed by atoms with Crippen molar-refractivity contribution in [3.63, 3.8) is 0 Å². The predicted molar refractivity (Wildman–Crippen MR) is 155 cm³/mol. The molecule has 0 radical (unpaired) electrons. The number of aryl methyl sites for hydroxylation is 1. The maximum Gasteiger partial charge on any atom is 0.253 e. The quantitative estimate of drug-likeness (QED) is 0.417. The molecule has 1 spiro atoms. The van der Waals surface area contributed by atoms with E-state index in [0.717, 1.165) is 92.2 Å². The van der Waals surface area contributed by atoms with Crippen LogP contribution in [0.5, 0.6) is 0 Å². The molecule has 200 valence electrons. The van der Waals surface area contributed by atoms with E-state index < -0.39 is 0 Å². The van der Waals surface area contributed by atoms with Gasteiger partial charge in [-0.25, -0.2) is 4.98 Å². The highest BCUT2D eigenvalue weighted by Crippen LogP contribution is 2.39. The number of hydrogen-bond acceptors (Lipinski definition) is 5. The minimum atomic E-state index is 0.109. The van der Waals surface area contributed by atoms with E-state index in [2.05, 4.69) is 53.0 Å². The molecule has 0 atom stereocenters. The number of likely N-dealkylation sites (N-methyl/N-ethyl adjacent to an activating group) is 1. The molecule has 4 aromatic rings. The standard InChI is InChI=1S/C32H35N5O2/c1-22-15-25(7-8-29(22)36-12-10-35(2)11-13-36)26-16-27-28(18-34-30(27)33-17-26)23-3-5-24(6-4-23)31(38)37-19-32(20-37)9-14-39-21-32/h3-8,15-18H,9-14,19-21H2,1-2H3,(H,33,34). The van der Waals surface area contributed by atoms with E-state index in [9.17, 15) is 4.79 Å². The lowest BCUT2D eigenvalue weighted by Crippen LogP contribution is -2.58. The molecule has 0 unspecified atom stereocenters. The summed E-state index contributed by atoms with van der Waals surface area (Å²) >= 11 is 0.